The van der Waals surface area contributed by atoms with Crippen LogP contribution in [0.2, 0.25) is 0 Å². The van der Waals surface area contributed by atoms with E-state index >= 15 is 0 Å². The summed E-state index contributed by atoms with van der Waals surface area (Å²) >= 11 is 3.44. The first-order valence-electron chi connectivity index (χ1n) is 6.33. The normalized spacial score (nSPS) is 10.6. The average Bonchev–Trinajstić information content (AvgIpc) is 2.42. The maximum absolute atomic E-state index is 12.0. The van der Waals surface area contributed by atoms with Gasteiger partial charge in [-0.2, -0.15) is 0 Å². The first-order valence-corrected chi connectivity index (χ1v) is 7.12. The lowest BCUT2D eigenvalue weighted by molar-refractivity contribution is 0.0953. The topological polar surface area (TPSA) is 41.1 Å². The number of hydrogen-bond acceptors (Lipinski definition) is 2. The minimum atomic E-state index is -0.0130. The second kappa shape index (κ2) is 6.68. The van der Waals surface area contributed by atoms with Crippen molar-refractivity contribution < 1.29 is 4.79 Å². The highest BCUT2D eigenvalue weighted by atomic mass is 79.9. The molecule has 0 atom stereocenters. The molecule has 0 heterocycles. The second-order valence-electron chi connectivity index (χ2n) is 4.42. The number of halogens is 1. The van der Waals surface area contributed by atoms with Gasteiger partial charge in [0.25, 0.3) is 5.91 Å². The van der Waals surface area contributed by atoms with E-state index in [1.54, 1.807) is 0 Å². The van der Waals surface area contributed by atoms with E-state index in [1.807, 2.05) is 43.4 Å². The zero-order chi connectivity index (χ0) is 13.7. The summed E-state index contributed by atoms with van der Waals surface area (Å²) < 4.78 is 1.05. The van der Waals surface area contributed by atoms with Crippen LogP contribution in [0.3, 0.4) is 0 Å². The molecular weight excluding hydrogens is 304 g/mol. The van der Waals surface area contributed by atoms with E-state index < -0.39 is 0 Å². The summed E-state index contributed by atoms with van der Waals surface area (Å²) in [7, 11) is 1.91. The third kappa shape index (κ3) is 3.78. The minimum absolute atomic E-state index is 0.0130. The van der Waals surface area contributed by atoms with Crippen LogP contribution in [-0.2, 0) is 0 Å². The minimum Gasteiger partial charge on any atom is -0.352 e. The molecule has 2 N–H and O–H groups in total. The number of nitrogens with one attached hydrogen (secondary N) is 2. The molecule has 0 bridgehead atoms. The number of benzene rings is 2. The van der Waals surface area contributed by atoms with E-state index in [9.17, 15) is 4.79 Å². The Hall–Kier alpha value is -1.39. The maximum atomic E-state index is 12.0. The van der Waals surface area contributed by atoms with Crippen molar-refractivity contribution in [3.05, 3.63) is 46.4 Å². The van der Waals surface area contributed by atoms with Crippen molar-refractivity contribution in [2.24, 2.45) is 0 Å². The number of amides is 1. The summed E-state index contributed by atoms with van der Waals surface area (Å²) in [6.07, 6.45) is 0.933. The molecule has 0 fully saturated rings. The predicted molar refractivity (Wildman–Crippen MR) is 82.5 cm³/mol. The van der Waals surface area contributed by atoms with Gasteiger partial charge in [-0.05, 0) is 55.1 Å². The number of carbonyl (C=O) groups is 1. The molecule has 0 saturated heterocycles. The molecular formula is C15H17BrN2O. The fourth-order valence-electron chi connectivity index (χ4n) is 1.93. The molecule has 0 radical (unpaired) electrons. The summed E-state index contributed by atoms with van der Waals surface area (Å²) in [5, 5.41) is 8.18. The van der Waals surface area contributed by atoms with Gasteiger partial charge in [0, 0.05) is 16.6 Å². The molecule has 0 aliphatic rings. The van der Waals surface area contributed by atoms with E-state index in [0.717, 1.165) is 28.2 Å². The fourth-order valence-corrected chi connectivity index (χ4v) is 2.31. The number of rotatable bonds is 5. The van der Waals surface area contributed by atoms with Crippen molar-refractivity contribution in [1.82, 2.24) is 10.6 Å². The fraction of sp³-hybridized carbons (Fsp3) is 0.267. The quantitative estimate of drug-likeness (QED) is 0.832. The molecule has 2 aromatic rings. The molecule has 4 heteroatoms. The van der Waals surface area contributed by atoms with Crippen LogP contribution in [0.4, 0.5) is 0 Å². The van der Waals surface area contributed by atoms with E-state index in [4.69, 9.17) is 0 Å². The van der Waals surface area contributed by atoms with Gasteiger partial charge in [-0.1, -0.05) is 28.1 Å². The average molecular weight is 321 g/mol. The summed E-state index contributed by atoms with van der Waals surface area (Å²) in [6, 6.07) is 11.8. The van der Waals surface area contributed by atoms with Crippen molar-refractivity contribution in [2.45, 2.75) is 6.42 Å². The first kappa shape index (κ1) is 14.0. The highest BCUT2D eigenvalue weighted by Gasteiger charge is 2.05. The van der Waals surface area contributed by atoms with Gasteiger partial charge in [0.1, 0.15) is 0 Å². The molecule has 0 aromatic heterocycles. The maximum Gasteiger partial charge on any atom is 0.251 e. The van der Waals surface area contributed by atoms with Gasteiger partial charge in [0.15, 0.2) is 0 Å². The van der Waals surface area contributed by atoms with Crippen LogP contribution in [-0.4, -0.2) is 26.0 Å². The highest BCUT2D eigenvalue weighted by Crippen LogP contribution is 2.20. The van der Waals surface area contributed by atoms with E-state index in [2.05, 4.69) is 26.6 Å². The standard InChI is InChI=1S/C15H17BrN2O/c1-17-7-2-8-18-15(19)13-4-3-12-10-14(16)6-5-11(12)9-13/h3-6,9-10,17H,2,7-8H2,1H3,(H,18,19). The Bertz CT molecular complexity index is 583. The van der Waals surface area contributed by atoms with Crippen molar-refractivity contribution in [3.63, 3.8) is 0 Å². The molecule has 2 aromatic carbocycles. The van der Waals surface area contributed by atoms with Crippen molar-refractivity contribution in [3.8, 4) is 0 Å². The van der Waals surface area contributed by atoms with E-state index in [0.29, 0.717) is 12.1 Å². The molecule has 0 spiro atoms. The van der Waals surface area contributed by atoms with Crippen molar-refractivity contribution in [1.29, 1.82) is 0 Å². The lowest BCUT2D eigenvalue weighted by Gasteiger charge is -2.06. The molecule has 19 heavy (non-hydrogen) atoms. The molecule has 2 rings (SSSR count). The van der Waals surface area contributed by atoms with Gasteiger partial charge < -0.3 is 10.6 Å². The van der Waals surface area contributed by atoms with Crippen LogP contribution in [0.25, 0.3) is 10.8 Å². The number of hydrogen-bond donors (Lipinski definition) is 2. The first-order chi connectivity index (χ1) is 9.20. The van der Waals surface area contributed by atoms with Crippen LogP contribution >= 0.6 is 15.9 Å². The highest BCUT2D eigenvalue weighted by molar-refractivity contribution is 9.10. The molecule has 0 unspecified atom stereocenters. The van der Waals surface area contributed by atoms with Gasteiger partial charge >= 0.3 is 0 Å². The third-order valence-corrected chi connectivity index (χ3v) is 3.45. The van der Waals surface area contributed by atoms with E-state index in [-0.39, 0.29) is 5.91 Å². The zero-order valence-electron chi connectivity index (χ0n) is 10.9. The smallest absolute Gasteiger partial charge is 0.251 e. The summed E-state index contributed by atoms with van der Waals surface area (Å²) in [4.78, 5) is 12.0. The Morgan fingerprint density at radius 1 is 1.11 bits per heavy atom. The molecule has 0 aliphatic heterocycles. The molecule has 100 valence electrons. The van der Waals surface area contributed by atoms with Crippen molar-refractivity contribution in [2.75, 3.05) is 20.1 Å². The SMILES string of the molecule is CNCCCNC(=O)c1ccc2cc(Br)ccc2c1. The zero-order valence-corrected chi connectivity index (χ0v) is 12.5. The number of carbonyl (C=O) groups excluding carboxylic acids is 1. The summed E-state index contributed by atoms with van der Waals surface area (Å²) in [6.45, 7) is 1.60. The van der Waals surface area contributed by atoms with Gasteiger partial charge in [0.2, 0.25) is 0 Å². The third-order valence-electron chi connectivity index (χ3n) is 2.95. The Labute approximate surface area is 121 Å². The largest absolute Gasteiger partial charge is 0.352 e. The predicted octanol–water partition coefficient (Wildman–Crippen LogP) is 2.94. The van der Waals surface area contributed by atoms with Gasteiger partial charge in [-0.25, -0.2) is 0 Å². The Morgan fingerprint density at radius 2 is 1.84 bits per heavy atom. The van der Waals surface area contributed by atoms with Crippen molar-refractivity contribution >= 4 is 32.6 Å². The summed E-state index contributed by atoms with van der Waals surface area (Å²) in [5.41, 5.74) is 0.708. The molecule has 1 amide bonds. The van der Waals surface area contributed by atoms with E-state index in [1.165, 1.54) is 0 Å². The van der Waals surface area contributed by atoms with Crippen LogP contribution in [0.5, 0.6) is 0 Å². The van der Waals surface area contributed by atoms with Gasteiger partial charge in [0.05, 0.1) is 0 Å². The van der Waals surface area contributed by atoms with Gasteiger partial charge in [-0.15, -0.1) is 0 Å². The molecule has 0 aliphatic carbocycles. The lowest BCUT2D eigenvalue weighted by atomic mass is 10.1. The second-order valence-corrected chi connectivity index (χ2v) is 5.33. The molecule has 0 saturated carbocycles. The lowest BCUT2D eigenvalue weighted by Crippen LogP contribution is -2.26. The van der Waals surface area contributed by atoms with Crippen LogP contribution in [0.15, 0.2) is 40.9 Å². The Balaban J connectivity index is 2.08. The van der Waals surface area contributed by atoms with Gasteiger partial charge in [-0.3, -0.25) is 4.79 Å². The Morgan fingerprint density at radius 3 is 2.63 bits per heavy atom. The monoisotopic (exact) mass is 320 g/mol. The Kier molecular flexibility index (Phi) is 4.93. The van der Waals surface area contributed by atoms with Crippen LogP contribution in [0, 0.1) is 0 Å². The molecule has 3 nitrogen and oxygen atoms in total. The summed E-state index contributed by atoms with van der Waals surface area (Å²) in [5.74, 6) is -0.0130. The van der Waals surface area contributed by atoms with Crippen LogP contribution in [0.1, 0.15) is 16.8 Å². The number of fused-ring (bicyclic) bond motifs is 1. The van der Waals surface area contributed by atoms with Crippen LogP contribution < -0.4 is 10.6 Å².